The summed E-state index contributed by atoms with van der Waals surface area (Å²) in [4.78, 5) is 15.9. The van der Waals surface area contributed by atoms with Gasteiger partial charge in [-0.25, -0.2) is 0 Å². The van der Waals surface area contributed by atoms with E-state index in [-0.39, 0.29) is 17.4 Å². The molecule has 160 valence electrons. The molecule has 5 aliphatic rings. The molecule has 4 nitrogen and oxygen atoms in total. The zero-order chi connectivity index (χ0) is 20.4. The Morgan fingerprint density at radius 3 is 2.24 bits per heavy atom. The lowest BCUT2D eigenvalue weighted by molar-refractivity contribution is -0.160. The van der Waals surface area contributed by atoms with E-state index in [0.29, 0.717) is 30.0 Å². The second-order valence-corrected chi connectivity index (χ2v) is 10.1. The molecular formula is C22H30F3N3O. The number of amides is 1. The minimum Gasteiger partial charge on any atom is -0.334 e. The van der Waals surface area contributed by atoms with Crippen molar-refractivity contribution < 1.29 is 18.0 Å². The third-order valence-corrected chi connectivity index (χ3v) is 8.05. The first-order chi connectivity index (χ1) is 13.7. The fraction of sp³-hybridized carbons (Fsp3) is 0.818. The van der Waals surface area contributed by atoms with Gasteiger partial charge in [0.2, 0.25) is 5.91 Å². The molecule has 4 bridgehead atoms. The van der Waals surface area contributed by atoms with Gasteiger partial charge in [0.25, 0.3) is 0 Å². The Hall–Kier alpha value is -1.53. The largest absolute Gasteiger partial charge is 0.435 e. The number of aryl methyl sites for hydroxylation is 1. The molecule has 2 heterocycles. The number of carbonyl (C=O) groups is 1. The molecule has 1 unspecified atom stereocenters. The fourth-order valence-electron chi connectivity index (χ4n) is 7.27. The molecule has 5 fully saturated rings. The Kier molecular flexibility index (Phi) is 4.52. The van der Waals surface area contributed by atoms with Gasteiger partial charge in [0, 0.05) is 13.6 Å². The smallest absolute Gasteiger partial charge is 0.334 e. The van der Waals surface area contributed by atoms with Crippen LogP contribution in [-0.4, -0.2) is 27.1 Å². The molecule has 1 amide bonds. The van der Waals surface area contributed by atoms with Crippen molar-refractivity contribution in [3.8, 4) is 0 Å². The van der Waals surface area contributed by atoms with Gasteiger partial charge in [-0.1, -0.05) is 12.8 Å². The lowest BCUT2D eigenvalue weighted by Crippen LogP contribution is -2.55. The van der Waals surface area contributed by atoms with Crippen molar-refractivity contribution in [3.05, 3.63) is 17.5 Å². The normalized spacial score (nSPS) is 37.0. The lowest BCUT2D eigenvalue weighted by atomic mass is 9.49. The Bertz CT molecular complexity index is 764. The predicted molar refractivity (Wildman–Crippen MR) is 102 cm³/mol. The highest BCUT2D eigenvalue weighted by Gasteiger charge is 2.56. The molecule has 7 heteroatoms. The second-order valence-electron chi connectivity index (χ2n) is 10.1. The number of rotatable bonds is 2. The summed E-state index contributed by atoms with van der Waals surface area (Å²) in [6.07, 6.45) is 5.91. The number of alkyl halides is 3. The number of carbonyl (C=O) groups excluding carboxylic acids is 1. The first-order valence-electron chi connectivity index (χ1n) is 11.2. The molecule has 1 aromatic rings. The van der Waals surface area contributed by atoms with Crippen LogP contribution >= 0.6 is 0 Å². The summed E-state index contributed by atoms with van der Waals surface area (Å²) in [5.41, 5.74) is -0.596. The van der Waals surface area contributed by atoms with E-state index in [1.54, 1.807) is 7.05 Å². The summed E-state index contributed by atoms with van der Waals surface area (Å²) in [5.74, 6) is 2.23. The molecule has 0 N–H and O–H groups in total. The SMILES string of the molecule is Cn1nc(C(F)(F)F)cc1C1CCCCCN1C(=O)C12CC3CC(CC(C3)C1)C2. The number of hydrogen-bond acceptors (Lipinski definition) is 2. The van der Waals surface area contributed by atoms with Crippen LogP contribution in [0.5, 0.6) is 0 Å². The van der Waals surface area contributed by atoms with E-state index >= 15 is 0 Å². The lowest BCUT2D eigenvalue weighted by Gasteiger charge is -2.57. The summed E-state index contributed by atoms with van der Waals surface area (Å²) >= 11 is 0. The molecule has 0 aromatic carbocycles. The minimum absolute atomic E-state index is 0.221. The van der Waals surface area contributed by atoms with Gasteiger partial charge in [-0.15, -0.1) is 0 Å². The van der Waals surface area contributed by atoms with Crippen LogP contribution in [0.25, 0.3) is 0 Å². The van der Waals surface area contributed by atoms with Crippen molar-refractivity contribution in [1.82, 2.24) is 14.7 Å². The van der Waals surface area contributed by atoms with Crippen LogP contribution in [-0.2, 0) is 18.0 Å². The first-order valence-corrected chi connectivity index (χ1v) is 11.2. The van der Waals surface area contributed by atoms with Crippen LogP contribution < -0.4 is 0 Å². The van der Waals surface area contributed by atoms with Crippen LogP contribution in [0.4, 0.5) is 13.2 Å². The second kappa shape index (κ2) is 6.74. The van der Waals surface area contributed by atoms with Gasteiger partial charge in [-0.05, 0) is 75.2 Å². The van der Waals surface area contributed by atoms with Gasteiger partial charge < -0.3 is 4.90 Å². The van der Waals surface area contributed by atoms with E-state index in [0.717, 1.165) is 51.0 Å². The highest BCUT2D eigenvalue weighted by Crippen LogP contribution is 2.61. The molecule has 6 rings (SSSR count). The Balaban J connectivity index is 1.48. The summed E-state index contributed by atoms with van der Waals surface area (Å²) < 4.78 is 41.0. The van der Waals surface area contributed by atoms with E-state index < -0.39 is 11.9 Å². The quantitative estimate of drug-likeness (QED) is 0.682. The van der Waals surface area contributed by atoms with Crippen LogP contribution in [0.2, 0.25) is 0 Å². The van der Waals surface area contributed by atoms with Gasteiger partial charge >= 0.3 is 6.18 Å². The predicted octanol–water partition coefficient (Wildman–Crippen LogP) is 5.10. The van der Waals surface area contributed by atoms with Crippen molar-refractivity contribution in [3.63, 3.8) is 0 Å². The maximum atomic E-state index is 14.0. The zero-order valence-electron chi connectivity index (χ0n) is 17.0. The van der Waals surface area contributed by atoms with Crippen LogP contribution in [0, 0.1) is 23.2 Å². The standard InChI is InChI=1S/C22H30F3N3O/c1-27-18(10-19(26-27)22(23,24)25)17-5-3-2-4-6-28(17)20(29)21-11-14-7-15(12-21)9-16(8-14)13-21/h10,14-17H,2-9,11-13H2,1H3. The third-order valence-electron chi connectivity index (χ3n) is 8.05. The van der Waals surface area contributed by atoms with Gasteiger partial charge in [0.15, 0.2) is 5.69 Å². The molecular weight excluding hydrogens is 379 g/mol. The number of aromatic nitrogens is 2. The average molecular weight is 409 g/mol. The molecule has 4 saturated carbocycles. The summed E-state index contributed by atoms with van der Waals surface area (Å²) in [5, 5.41) is 3.73. The maximum absolute atomic E-state index is 14.0. The molecule has 1 atom stereocenters. The molecule has 29 heavy (non-hydrogen) atoms. The summed E-state index contributed by atoms with van der Waals surface area (Å²) in [7, 11) is 1.57. The van der Waals surface area contributed by atoms with Crippen LogP contribution in [0.15, 0.2) is 6.07 Å². The highest BCUT2D eigenvalue weighted by molar-refractivity contribution is 5.83. The molecule has 1 saturated heterocycles. The molecule has 0 spiro atoms. The van der Waals surface area contributed by atoms with E-state index in [9.17, 15) is 18.0 Å². The van der Waals surface area contributed by atoms with Crippen molar-refractivity contribution >= 4 is 5.91 Å². The van der Waals surface area contributed by atoms with Crippen molar-refractivity contribution in [1.29, 1.82) is 0 Å². The fourth-order valence-corrected chi connectivity index (χ4v) is 7.27. The molecule has 0 radical (unpaired) electrons. The van der Waals surface area contributed by atoms with Gasteiger partial charge in [0.05, 0.1) is 17.2 Å². The van der Waals surface area contributed by atoms with E-state index in [2.05, 4.69) is 5.10 Å². The molecule has 1 aliphatic heterocycles. The number of likely N-dealkylation sites (tertiary alicyclic amines) is 1. The first kappa shape index (κ1) is 19.4. The Morgan fingerprint density at radius 1 is 1.07 bits per heavy atom. The minimum atomic E-state index is -4.46. The molecule has 1 aromatic heterocycles. The Labute approximate surface area is 169 Å². The Morgan fingerprint density at radius 2 is 1.69 bits per heavy atom. The zero-order valence-corrected chi connectivity index (χ0v) is 17.0. The summed E-state index contributed by atoms with van der Waals surface area (Å²) in [6.45, 7) is 0.651. The molecule has 4 aliphatic carbocycles. The number of halogens is 3. The van der Waals surface area contributed by atoms with E-state index in [1.807, 2.05) is 4.90 Å². The van der Waals surface area contributed by atoms with Gasteiger partial charge in [-0.3, -0.25) is 9.48 Å². The average Bonchev–Trinajstić information content (AvgIpc) is 2.88. The van der Waals surface area contributed by atoms with Crippen LogP contribution in [0.3, 0.4) is 0 Å². The monoisotopic (exact) mass is 409 g/mol. The number of nitrogens with zero attached hydrogens (tertiary/aromatic N) is 3. The van der Waals surface area contributed by atoms with Gasteiger partial charge in [0.1, 0.15) is 0 Å². The van der Waals surface area contributed by atoms with Gasteiger partial charge in [-0.2, -0.15) is 18.3 Å². The van der Waals surface area contributed by atoms with Crippen LogP contribution in [0.1, 0.15) is 81.6 Å². The third kappa shape index (κ3) is 3.28. The summed E-state index contributed by atoms with van der Waals surface area (Å²) in [6, 6.07) is 0.863. The topological polar surface area (TPSA) is 38.1 Å². The van der Waals surface area contributed by atoms with Crippen molar-refractivity contribution in [2.24, 2.45) is 30.2 Å². The van der Waals surface area contributed by atoms with Crippen molar-refractivity contribution in [2.45, 2.75) is 76.4 Å². The highest BCUT2D eigenvalue weighted by atomic mass is 19.4. The van der Waals surface area contributed by atoms with E-state index in [1.165, 1.54) is 23.9 Å². The maximum Gasteiger partial charge on any atom is 0.435 e. The number of hydrogen-bond donors (Lipinski definition) is 0. The van der Waals surface area contributed by atoms with Crippen molar-refractivity contribution in [2.75, 3.05) is 6.54 Å². The van der Waals surface area contributed by atoms with E-state index in [4.69, 9.17) is 0 Å².